The van der Waals surface area contributed by atoms with Crippen LogP contribution in [0.5, 0.6) is 23.0 Å². The number of benzene rings is 3. The van der Waals surface area contributed by atoms with Gasteiger partial charge in [0.1, 0.15) is 6.54 Å². The van der Waals surface area contributed by atoms with Crippen LogP contribution in [-0.2, 0) is 14.4 Å². The molecule has 2 N–H and O–H groups in total. The highest BCUT2D eigenvalue weighted by Crippen LogP contribution is 2.36. The molecule has 1 fully saturated rings. The second-order valence-corrected chi connectivity index (χ2v) is 9.99. The lowest BCUT2D eigenvalue weighted by Crippen LogP contribution is -2.36. The SMILES string of the molecule is COc1cc(/C=C2/SC(=O)N(CC(=O)Nc3ccc4c(c3)OCO4)C2=O)ccc1OCC(=O)Nc1cccc(C)c1. The molecular weight excluding hydrogens is 550 g/mol. The fourth-order valence-corrected chi connectivity index (χ4v) is 4.90. The van der Waals surface area contributed by atoms with Crippen molar-refractivity contribution in [1.29, 1.82) is 0 Å². The number of anilines is 2. The number of amides is 4. The van der Waals surface area contributed by atoms with E-state index in [1.54, 1.807) is 42.5 Å². The van der Waals surface area contributed by atoms with Gasteiger partial charge in [0.2, 0.25) is 12.7 Å². The summed E-state index contributed by atoms with van der Waals surface area (Å²) < 4.78 is 21.6. The highest BCUT2D eigenvalue weighted by Gasteiger charge is 2.36. The van der Waals surface area contributed by atoms with Gasteiger partial charge in [0.25, 0.3) is 17.1 Å². The van der Waals surface area contributed by atoms with E-state index in [1.165, 1.54) is 13.2 Å². The zero-order chi connectivity index (χ0) is 28.9. The predicted octanol–water partition coefficient (Wildman–Crippen LogP) is 4.42. The Bertz CT molecular complexity index is 1570. The highest BCUT2D eigenvalue weighted by atomic mass is 32.2. The Kier molecular flexibility index (Phi) is 8.11. The smallest absolute Gasteiger partial charge is 0.294 e. The van der Waals surface area contributed by atoms with Crippen molar-refractivity contribution >= 4 is 52.2 Å². The lowest BCUT2D eigenvalue weighted by Gasteiger charge is -2.13. The maximum atomic E-state index is 12.9. The van der Waals surface area contributed by atoms with Crippen LogP contribution in [0, 0.1) is 6.92 Å². The molecule has 1 saturated heterocycles. The number of methoxy groups -OCH3 is 1. The van der Waals surface area contributed by atoms with Crippen molar-refractivity contribution in [3.05, 3.63) is 76.7 Å². The average molecular weight is 576 g/mol. The van der Waals surface area contributed by atoms with Gasteiger partial charge in [0.05, 0.1) is 12.0 Å². The molecule has 0 spiro atoms. The quantitative estimate of drug-likeness (QED) is 0.356. The minimum Gasteiger partial charge on any atom is -0.493 e. The average Bonchev–Trinajstić information content (AvgIpc) is 3.51. The summed E-state index contributed by atoms with van der Waals surface area (Å²) in [5.41, 5.74) is 2.70. The first-order valence-corrected chi connectivity index (χ1v) is 13.2. The number of carbonyl (C=O) groups is 4. The minimum atomic E-state index is -0.590. The van der Waals surface area contributed by atoms with Gasteiger partial charge >= 0.3 is 0 Å². The zero-order valence-corrected chi connectivity index (χ0v) is 22.9. The van der Waals surface area contributed by atoms with E-state index in [1.807, 2.05) is 25.1 Å². The second kappa shape index (κ2) is 12.0. The maximum absolute atomic E-state index is 12.9. The van der Waals surface area contributed by atoms with E-state index >= 15 is 0 Å². The first-order valence-electron chi connectivity index (χ1n) is 12.4. The van der Waals surface area contributed by atoms with Crippen molar-refractivity contribution in [3.8, 4) is 23.0 Å². The number of carbonyl (C=O) groups excluding carboxylic acids is 4. The molecule has 210 valence electrons. The lowest BCUT2D eigenvalue weighted by atomic mass is 10.2. The van der Waals surface area contributed by atoms with Crippen LogP contribution in [0.2, 0.25) is 0 Å². The van der Waals surface area contributed by atoms with E-state index in [9.17, 15) is 19.2 Å². The summed E-state index contributed by atoms with van der Waals surface area (Å²) in [5.74, 6) is 0.267. The number of rotatable bonds is 9. The van der Waals surface area contributed by atoms with E-state index in [0.29, 0.717) is 39.9 Å². The van der Waals surface area contributed by atoms with Crippen molar-refractivity contribution in [3.63, 3.8) is 0 Å². The Hall–Kier alpha value is -4.97. The molecule has 0 aromatic heterocycles. The number of thioether (sulfide) groups is 1. The van der Waals surface area contributed by atoms with E-state index in [2.05, 4.69) is 10.6 Å². The molecule has 0 bridgehead atoms. The Morgan fingerprint density at radius 1 is 0.951 bits per heavy atom. The number of hydrogen-bond acceptors (Lipinski definition) is 9. The Morgan fingerprint density at radius 3 is 2.54 bits per heavy atom. The van der Waals surface area contributed by atoms with E-state index in [-0.39, 0.29) is 24.2 Å². The van der Waals surface area contributed by atoms with Crippen molar-refractivity contribution in [2.45, 2.75) is 6.92 Å². The van der Waals surface area contributed by atoms with E-state index in [4.69, 9.17) is 18.9 Å². The minimum absolute atomic E-state index is 0.100. The van der Waals surface area contributed by atoms with Crippen molar-refractivity contribution in [2.75, 3.05) is 37.7 Å². The van der Waals surface area contributed by atoms with Gasteiger partial charge in [0, 0.05) is 17.4 Å². The Balaban J connectivity index is 1.19. The fourth-order valence-electron chi connectivity index (χ4n) is 4.06. The van der Waals surface area contributed by atoms with E-state index in [0.717, 1.165) is 22.2 Å². The van der Waals surface area contributed by atoms with Gasteiger partial charge in [-0.15, -0.1) is 0 Å². The number of nitrogens with zero attached hydrogens (tertiary/aromatic N) is 1. The van der Waals surface area contributed by atoms with Crippen LogP contribution >= 0.6 is 11.8 Å². The van der Waals surface area contributed by atoms with Gasteiger partial charge in [-0.1, -0.05) is 18.2 Å². The van der Waals surface area contributed by atoms with Crippen LogP contribution in [0.25, 0.3) is 6.08 Å². The number of aryl methyl sites for hydroxylation is 1. The van der Waals surface area contributed by atoms with Gasteiger partial charge in [-0.3, -0.25) is 24.1 Å². The highest BCUT2D eigenvalue weighted by molar-refractivity contribution is 8.18. The molecule has 5 rings (SSSR count). The molecule has 11 nitrogen and oxygen atoms in total. The fraction of sp³-hybridized carbons (Fsp3) is 0.172. The normalized spacial score (nSPS) is 14.8. The molecular formula is C29H25N3O8S. The molecule has 0 radical (unpaired) electrons. The number of nitrogens with one attached hydrogen (secondary N) is 2. The van der Waals surface area contributed by atoms with Gasteiger partial charge in [-0.2, -0.15) is 0 Å². The molecule has 3 aromatic carbocycles. The first-order chi connectivity index (χ1) is 19.8. The summed E-state index contributed by atoms with van der Waals surface area (Å²) in [6.45, 7) is 1.34. The predicted molar refractivity (Wildman–Crippen MR) is 152 cm³/mol. The van der Waals surface area contributed by atoms with Crippen molar-refractivity contribution < 1.29 is 38.1 Å². The first kappa shape index (κ1) is 27.6. The second-order valence-electron chi connectivity index (χ2n) is 9.00. The van der Waals surface area contributed by atoms with Gasteiger partial charge in [-0.05, 0) is 72.3 Å². The van der Waals surface area contributed by atoms with Crippen LogP contribution < -0.4 is 29.6 Å². The Morgan fingerprint density at radius 2 is 1.73 bits per heavy atom. The van der Waals surface area contributed by atoms with Crippen molar-refractivity contribution in [2.24, 2.45) is 0 Å². The molecule has 2 heterocycles. The molecule has 3 aromatic rings. The summed E-state index contributed by atoms with van der Waals surface area (Å²) in [6, 6.07) is 17.2. The third-order valence-corrected chi connectivity index (χ3v) is 6.89. The molecule has 2 aliphatic rings. The number of fused-ring (bicyclic) bond motifs is 1. The topological polar surface area (TPSA) is 133 Å². The molecule has 0 aliphatic carbocycles. The largest absolute Gasteiger partial charge is 0.493 e. The van der Waals surface area contributed by atoms with Gasteiger partial charge in [-0.25, -0.2) is 0 Å². The number of hydrogen-bond donors (Lipinski definition) is 2. The van der Waals surface area contributed by atoms with E-state index < -0.39 is 23.6 Å². The van der Waals surface area contributed by atoms with Crippen LogP contribution in [0.1, 0.15) is 11.1 Å². The third-order valence-electron chi connectivity index (χ3n) is 5.98. The maximum Gasteiger partial charge on any atom is 0.294 e. The van der Waals surface area contributed by atoms with Crippen LogP contribution in [0.4, 0.5) is 16.2 Å². The molecule has 0 atom stereocenters. The number of imide groups is 1. The van der Waals surface area contributed by atoms with Gasteiger partial charge in [0.15, 0.2) is 29.6 Å². The standard InChI is InChI=1S/C29H25N3O8S/c1-17-4-3-5-19(10-17)31-27(34)15-38-21-8-6-18(11-23(21)37-2)12-25-28(35)32(29(36)41-25)14-26(33)30-20-7-9-22-24(13-20)40-16-39-22/h3-13H,14-16H2,1-2H3,(H,30,33)(H,31,34)/b25-12+. The molecule has 4 amide bonds. The molecule has 0 unspecified atom stereocenters. The molecule has 41 heavy (non-hydrogen) atoms. The summed E-state index contributed by atoms with van der Waals surface area (Å²) in [4.78, 5) is 51.4. The summed E-state index contributed by atoms with van der Waals surface area (Å²) in [6.07, 6.45) is 1.53. The molecule has 0 saturated carbocycles. The summed E-state index contributed by atoms with van der Waals surface area (Å²) in [7, 11) is 1.45. The third kappa shape index (κ3) is 6.61. The van der Waals surface area contributed by atoms with Crippen LogP contribution in [0.3, 0.4) is 0 Å². The monoisotopic (exact) mass is 575 g/mol. The lowest BCUT2D eigenvalue weighted by molar-refractivity contribution is -0.127. The van der Waals surface area contributed by atoms with Crippen LogP contribution in [-0.4, -0.2) is 54.9 Å². The van der Waals surface area contributed by atoms with Gasteiger partial charge < -0.3 is 29.6 Å². The summed E-state index contributed by atoms with van der Waals surface area (Å²) in [5, 5.41) is 4.86. The number of ether oxygens (including phenoxy) is 4. The summed E-state index contributed by atoms with van der Waals surface area (Å²) >= 11 is 0.732. The molecule has 2 aliphatic heterocycles. The molecule has 12 heteroatoms. The van der Waals surface area contributed by atoms with Crippen molar-refractivity contribution in [1.82, 2.24) is 4.90 Å². The Labute approximate surface area is 239 Å². The zero-order valence-electron chi connectivity index (χ0n) is 22.1. The van der Waals surface area contributed by atoms with Crippen LogP contribution in [0.15, 0.2) is 65.6 Å².